The van der Waals surface area contributed by atoms with Crippen molar-refractivity contribution in [1.82, 2.24) is 10.2 Å². The third-order valence-corrected chi connectivity index (χ3v) is 5.13. The van der Waals surface area contributed by atoms with Crippen molar-refractivity contribution in [3.8, 4) is 0 Å². The molecule has 5 nitrogen and oxygen atoms in total. The van der Waals surface area contributed by atoms with Crippen LogP contribution < -0.4 is 11.1 Å². The molecule has 1 aliphatic rings. The second kappa shape index (κ2) is 6.57. The summed E-state index contributed by atoms with van der Waals surface area (Å²) in [5.74, 6) is 0.142. The lowest BCUT2D eigenvalue weighted by Gasteiger charge is -2.46. The average Bonchev–Trinajstić information content (AvgIpc) is 2.41. The molecule has 0 heterocycles. The van der Waals surface area contributed by atoms with E-state index in [1.807, 2.05) is 6.92 Å². The van der Waals surface area contributed by atoms with Gasteiger partial charge in [0.1, 0.15) is 0 Å². The molecule has 20 heavy (non-hydrogen) atoms. The predicted octanol–water partition coefficient (Wildman–Crippen LogP) is 0.981. The Morgan fingerprint density at radius 2 is 1.95 bits per heavy atom. The summed E-state index contributed by atoms with van der Waals surface area (Å²) in [6, 6.07) is 0.155. The molecule has 1 aliphatic carbocycles. The maximum absolute atomic E-state index is 12.4. The predicted molar refractivity (Wildman–Crippen MR) is 80.0 cm³/mol. The van der Waals surface area contributed by atoms with Crippen molar-refractivity contribution in [1.29, 1.82) is 0 Å². The van der Waals surface area contributed by atoms with Gasteiger partial charge in [-0.05, 0) is 31.1 Å². The highest BCUT2D eigenvalue weighted by Crippen LogP contribution is 2.44. The van der Waals surface area contributed by atoms with Gasteiger partial charge >= 0.3 is 0 Å². The van der Waals surface area contributed by atoms with E-state index in [4.69, 9.17) is 5.73 Å². The van der Waals surface area contributed by atoms with Gasteiger partial charge in [0.05, 0.1) is 6.54 Å². The molecular weight excluding hydrogens is 254 g/mol. The van der Waals surface area contributed by atoms with E-state index in [9.17, 15) is 9.59 Å². The van der Waals surface area contributed by atoms with Crippen LogP contribution in [0.3, 0.4) is 0 Å². The molecule has 0 aliphatic heterocycles. The van der Waals surface area contributed by atoms with E-state index < -0.39 is 0 Å². The van der Waals surface area contributed by atoms with Crippen molar-refractivity contribution in [2.75, 3.05) is 20.1 Å². The fourth-order valence-corrected chi connectivity index (χ4v) is 2.92. The fourth-order valence-electron chi connectivity index (χ4n) is 2.92. The third kappa shape index (κ3) is 3.51. The highest BCUT2D eigenvalue weighted by molar-refractivity contribution is 5.86. The molecule has 0 aromatic heterocycles. The zero-order valence-corrected chi connectivity index (χ0v) is 13.4. The summed E-state index contributed by atoms with van der Waals surface area (Å²) in [7, 11) is 1.74. The Labute approximate surface area is 122 Å². The van der Waals surface area contributed by atoms with Crippen LogP contribution in [-0.2, 0) is 9.59 Å². The van der Waals surface area contributed by atoms with Crippen LogP contribution in [0.5, 0.6) is 0 Å². The van der Waals surface area contributed by atoms with Crippen molar-refractivity contribution >= 4 is 11.8 Å². The van der Waals surface area contributed by atoms with Crippen LogP contribution in [0.1, 0.15) is 40.5 Å². The van der Waals surface area contributed by atoms with Crippen LogP contribution in [-0.4, -0.2) is 42.9 Å². The second-order valence-electron chi connectivity index (χ2n) is 6.53. The van der Waals surface area contributed by atoms with Crippen LogP contribution in [0.4, 0.5) is 0 Å². The van der Waals surface area contributed by atoms with Gasteiger partial charge in [-0.15, -0.1) is 0 Å². The monoisotopic (exact) mass is 283 g/mol. The minimum atomic E-state index is -0.137. The number of carbonyl (C=O) groups is 2. The Bertz CT molecular complexity index is 368. The van der Waals surface area contributed by atoms with Crippen LogP contribution in [0, 0.1) is 17.3 Å². The lowest BCUT2D eigenvalue weighted by atomic mass is 9.61. The molecule has 1 saturated carbocycles. The molecule has 0 saturated heterocycles. The van der Waals surface area contributed by atoms with Crippen molar-refractivity contribution in [3.63, 3.8) is 0 Å². The average molecular weight is 283 g/mol. The van der Waals surface area contributed by atoms with Crippen LogP contribution in [0.15, 0.2) is 0 Å². The van der Waals surface area contributed by atoms with E-state index in [0.29, 0.717) is 12.5 Å². The number of nitrogens with zero attached hydrogens (tertiary/aromatic N) is 1. The number of rotatable bonds is 4. The normalized spacial score (nSPS) is 28.8. The molecule has 3 unspecified atom stereocenters. The lowest BCUT2D eigenvalue weighted by molar-refractivity contribution is -0.136. The third-order valence-electron chi connectivity index (χ3n) is 5.13. The van der Waals surface area contributed by atoms with Crippen LogP contribution in [0.25, 0.3) is 0 Å². The molecule has 0 bridgehead atoms. The fraction of sp³-hybridized carbons (Fsp3) is 0.867. The number of amides is 2. The van der Waals surface area contributed by atoms with E-state index in [2.05, 4.69) is 26.1 Å². The van der Waals surface area contributed by atoms with E-state index >= 15 is 0 Å². The number of nitrogens with one attached hydrogen (secondary N) is 1. The molecule has 0 spiro atoms. The van der Waals surface area contributed by atoms with E-state index in [1.54, 1.807) is 11.9 Å². The minimum Gasteiger partial charge on any atom is -0.347 e. The van der Waals surface area contributed by atoms with Crippen molar-refractivity contribution < 1.29 is 9.59 Å². The van der Waals surface area contributed by atoms with Gasteiger partial charge in [0.25, 0.3) is 0 Å². The minimum absolute atomic E-state index is 0.0217. The lowest BCUT2D eigenvalue weighted by Crippen LogP contribution is -2.52. The van der Waals surface area contributed by atoms with Gasteiger partial charge in [-0.3, -0.25) is 9.59 Å². The Morgan fingerprint density at radius 1 is 1.35 bits per heavy atom. The smallest absolute Gasteiger partial charge is 0.241 e. The Hall–Kier alpha value is -1.10. The van der Waals surface area contributed by atoms with Gasteiger partial charge < -0.3 is 16.0 Å². The van der Waals surface area contributed by atoms with Gasteiger partial charge in [-0.25, -0.2) is 0 Å². The maximum atomic E-state index is 12.4. The first kappa shape index (κ1) is 17.0. The molecule has 3 N–H and O–H groups in total. The van der Waals surface area contributed by atoms with Crippen molar-refractivity contribution in [3.05, 3.63) is 0 Å². The molecule has 5 heteroatoms. The number of hydrogen-bond acceptors (Lipinski definition) is 3. The van der Waals surface area contributed by atoms with Gasteiger partial charge in [0.15, 0.2) is 0 Å². The van der Waals surface area contributed by atoms with Crippen molar-refractivity contribution in [2.24, 2.45) is 23.0 Å². The number of nitrogens with two attached hydrogens (primary N) is 1. The summed E-state index contributed by atoms with van der Waals surface area (Å²) in [6.07, 6.45) is 1.66. The van der Waals surface area contributed by atoms with Gasteiger partial charge in [-0.1, -0.05) is 20.8 Å². The summed E-state index contributed by atoms with van der Waals surface area (Å²) in [4.78, 5) is 25.7. The van der Waals surface area contributed by atoms with Gasteiger partial charge in [0.2, 0.25) is 11.8 Å². The number of carbonyl (C=O) groups excluding carboxylic acids is 2. The quantitative estimate of drug-likeness (QED) is 0.807. The maximum Gasteiger partial charge on any atom is 0.241 e. The molecule has 0 radical (unpaired) electrons. The van der Waals surface area contributed by atoms with Crippen LogP contribution >= 0.6 is 0 Å². The summed E-state index contributed by atoms with van der Waals surface area (Å²) < 4.78 is 0. The zero-order chi connectivity index (χ0) is 15.5. The Kier molecular flexibility index (Phi) is 5.57. The summed E-state index contributed by atoms with van der Waals surface area (Å²) in [6.45, 7) is 8.95. The largest absolute Gasteiger partial charge is 0.347 e. The molecule has 1 rings (SSSR count). The summed E-state index contributed by atoms with van der Waals surface area (Å²) >= 11 is 0. The molecule has 0 aromatic rings. The standard InChI is InChI=1S/C15H29N3O2/c1-6-18(5)13(19)9-17-14(20)11-7-8-12(16)10(2)15(11,3)4/h10-12H,6-9,16H2,1-5H3,(H,17,20). The highest BCUT2D eigenvalue weighted by atomic mass is 16.2. The second-order valence-corrected chi connectivity index (χ2v) is 6.53. The SMILES string of the molecule is CCN(C)C(=O)CNC(=O)C1CCC(N)C(C)C1(C)C. The number of hydrogen-bond donors (Lipinski definition) is 2. The topological polar surface area (TPSA) is 75.4 Å². The summed E-state index contributed by atoms with van der Waals surface area (Å²) in [5, 5.41) is 2.79. The molecule has 1 fully saturated rings. The van der Waals surface area contributed by atoms with Gasteiger partial charge in [-0.2, -0.15) is 0 Å². The Morgan fingerprint density at radius 3 is 2.50 bits per heavy atom. The Balaban J connectivity index is 2.61. The van der Waals surface area contributed by atoms with E-state index in [-0.39, 0.29) is 35.7 Å². The molecule has 3 atom stereocenters. The first-order valence-corrected chi connectivity index (χ1v) is 7.49. The van der Waals surface area contributed by atoms with E-state index in [1.165, 1.54) is 0 Å². The first-order chi connectivity index (χ1) is 9.21. The molecular formula is C15H29N3O2. The zero-order valence-electron chi connectivity index (χ0n) is 13.4. The van der Waals surface area contributed by atoms with Crippen molar-refractivity contribution in [2.45, 2.75) is 46.6 Å². The summed E-state index contributed by atoms with van der Waals surface area (Å²) in [5.41, 5.74) is 5.97. The van der Waals surface area contributed by atoms with Gasteiger partial charge in [0, 0.05) is 25.6 Å². The van der Waals surface area contributed by atoms with Crippen LogP contribution in [0.2, 0.25) is 0 Å². The molecule has 2 amide bonds. The van der Waals surface area contributed by atoms with E-state index in [0.717, 1.165) is 12.8 Å². The first-order valence-electron chi connectivity index (χ1n) is 7.49. The highest BCUT2D eigenvalue weighted by Gasteiger charge is 2.44. The number of likely N-dealkylation sites (N-methyl/N-ethyl adjacent to an activating group) is 1. The molecule has 0 aromatic carbocycles. The molecule has 116 valence electrons.